The minimum atomic E-state index is -2.42. The van der Waals surface area contributed by atoms with E-state index in [-0.39, 0.29) is 11.2 Å². The molecule has 2 fully saturated rings. The molecule has 0 aliphatic heterocycles. The van der Waals surface area contributed by atoms with Gasteiger partial charge in [0, 0.05) is 0 Å². The molecular formula is C27H39F3O. The van der Waals surface area contributed by atoms with Gasteiger partial charge in [0.25, 0.3) is 0 Å². The van der Waals surface area contributed by atoms with Crippen LogP contribution in [0.1, 0.15) is 109 Å². The summed E-state index contributed by atoms with van der Waals surface area (Å²) in [5.74, 6) is 1.67. The van der Waals surface area contributed by atoms with Gasteiger partial charge in [0.15, 0.2) is 0 Å². The van der Waals surface area contributed by atoms with Gasteiger partial charge < -0.3 is 4.74 Å². The molecule has 1 nitrogen and oxygen atoms in total. The lowest BCUT2D eigenvalue weighted by molar-refractivity contribution is 0.120. The number of rotatable bonds is 10. The summed E-state index contributed by atoms with van der Waals surface area (Å²) in [5.41, 5.74) is 1.47. The van der Waals surface area contributed by atoms with E-state index < -0.39 is 12.1 Å². The largest absolute Gasteiger partial charge is 0.428 e. The van der Waals surface area contributed by atoms with Crippen LogP contribution in [0.3, 0.4) is 0 Å². The molecule has 0 N–H and O–H groups in total. The summed E-state index contributed by atoms with van der Waals surface area (Å²) in [6, 6.07) is 5.50. The van der Waals surface area contributed by atoms with Gasteiger partial charge in [-0.3, -0.25) is 0 Å². The molecule has 4 heteroatoms. The summed E-state index contributed by atoms with van der Waals surface area (Å²) in [4.78, 5) is 0. The van der Waals surface area contributed by atoms with Crippen molar-refractivity contribution in [2.24, 2.45) is 11.8 Å². The fourth-order valence-electron chi connectivity index (χ4n) is 6.10. The quantitative estimate of drug-likeness (QED) is 0.262. The first-order valence-corrected chi connectivity index (χ1v) is 12.5. The van der Waals surface area contributed by atoms with E-state index in [1.54, 1.807) is 12.1 Å². The van der Waals surface area contributed by atoms with Crippen molar-refractivity contribution in [1.82, 2.24) is 0 Å². The van der Waals surface area contributed by atoms with Crippen LogP contribution in [0.4, 0.5) is 13.2 Å². The van der Waals surface area contributed by atoms with Crippen molar-refractivity contribution in [2.45, 2.75) is 109 Å². The smallest absolute Gasteiger partial charge is 0.344 e. The first-order valence-electron chi connectivity index (χ1n) is 12.5. The van der Waals surface area contributed by atoms with Crippen molar-refractivity contribution in [1.29, 1.82) is 0 Å². The normalized spacial score (nSPS) is 24.7. The van der Waals surface area contributed by atoms with Crippen molar-refractivity contribution in [2.75, 3.05) is 0 Å². The van der Waals surface area contributed by atoms with E-state index in [2.05, 4.69) is 11.7 Å². The number of benzene rings is 1. The van der Waals surface area contributed by atoms with Crippen molar-refractivity contribution in [3.63, 3.8) is 0 Å². The highest BCUT2D eigenvalue weighted by Crippen LogP contribution is 2.52. The molecular weight excluding hydrogens is 397 g/mol. The molecule has 0 bridgehead atoms. The van der Waals surface area contributed by atoms with Gasteiger partial charge in [0.05, 0.1) is 0 Å². The van der Waals surface area contributed by atoms with Crippen LogP contribution >= 0.6 is 0 Å². The molecule has 174 valence electrons. The highest BCUT2D eigenvalue weighted by Gasteiger charge is 2.43. The average molecular weight is 437 g/mol. The van der Waals surface area contributed by atoms with Gasteiger partial charge in [0.2, 0.25) is 0 Å². The van der Waals surface area contributed by atoms with E-state index in [1.807, 2.05) is 12.1 Å². The molecule has 0 atom stereocenters. The molecule has 0 spiro atoms. The maximum Gasteiger partial charge on any atom is 0.344 e. The Morgan fingerprint density at radius 2 is 1.52 bits per heavy atom. The summed E-state index contributed by atoms with van der Waals surface area (Å²) < 4.78 is 42.5. The van der Waals surface area contributed by atoms with Crippen LogP contribution in [-0.4, -0.2) is 0 Å². The second-order valence-electron chi connectivity index (χ2n) is 9.80. The highest BCUT2D eigenvalue weighted by molar-refractivity contribution is 5.34. The summed E-state index contributed by atoms with van der Waals surface area (Å²) >= 11 is 0. The molecule has 0 unspecified atom stereocenters. The van der Waals surface area contributed by atoms with E-state index >= 15 is 0 Å². The van der Waals surface area contributed by atoms with Crippen LogP contribution in [-0.2, 0) is 5.41 Å². The highest BCUT2D eigenvalue weighted by atomic mass is 19.3. The zero-order valence-corrected chi connectivity index (χ0v) is 19.1. The predicted molar refractivity (Wildman–Crippen MR) is 121 cm³/mol. The SMILES string of the molecule is CCCCCCC[C@H]1CC[C@@](c2ccc(OC(F)=C(F)F)cc2)(C2CCCCC2)CC1. The van der Waals surface area contributed by atoms with Crippen LogP contribution in [0.25, 0.3) is 0 Å². The maximum absolute atomic E-state index is 13.2. The van der Waals surface area contributed by atoms with E-state index in [0.29, 0.717) is 5.92 Å². The summed E-state index contributed by atoms with van der Waals surface area (Å²) in [6.07, 6.45) is 17.2. The Morgan fingerprint density at radius 3 is 2.13 bits per heavy atom. The summed E-state index contributed by atoms with van der Waals surface area (Å²) in [7, 11) is 0. The Bertz CT molecular complexity index is 679. The molecule has 1 aromatic rings. The van der Waals surface area contributed by atoms with Crippen molar-refractivity contribution >= 4 is 0 Å². The van der Waals surface area contributed by atoms with Crippen LogP contribution in [0, 0.1) is 11.8 Å². The van der Waals surface area contributed by atoms with Crippen LogP contribution in [0.5, 0.6) is 5.75 Å². The number of hydrogen-bond donors (Lipinski definition) is 0. The van der Waals surface area contributed by atoms with Gasteiger partial charge in [-0.15, -0.1) is 0 Å². The van der Waals surface area contributed by atoms with Crippen LogP contribution in [0.15, 0.2) is 36.4 Å². The topological polar surface area (TPSA) is 9.23 Å². The van der Waals surface area contributed by atoms with Gasteiger partial charge in [-0.1, -0.05) is 76.8 Å². The Labute approximate surface area is 186 Å². The summed E-state index contributed by atoms with van der Waals surface area (Å²) in [5, 5.41) is 0. The summed E-state index contributed by atoms with van der Waals surface area (Å²) in [6.45, 7) is 2.26. The van der Waals surface area contributed by atoms with Crippen molar-refractivity contribution < 1.29 is 17.9 Å². The number of halogens is 3. The molecule has 0 amide bonds. The molecule has 0 radical (unpaired) electrons. The van der Waals surface area contributed by atoms with Gasteiger partial charge >= 0.3 is 12.1 Å². The van der Waals surface area contributed by atoms with Gasteiger partial charge in [-0.25, -0.2) is 0 Å². The second-order valence-corrected chi connectivity index (χ2v) is 9.80. The third-order valence-electron chi connectivity index (χ3n) is 7.89. The number of hydrogen-bond acceptors (Lipinski definition) is 1. The third kappa shape index (κ3) is 6.52. The average Bonchev–Trinajstić information content (AvgIpc) is 2.80. The lowest BCUT2D eigenvalue weighted by atomic mass is 9.57. The number of ether oxygens (including phenoxy) is 1. The van der Waals surface area contributed by atoms with Crippen molar-refractivity contribution in [3.8, 4) is 5.75 Å². The Hall–Kier alpha value is -1.45. The fourth-order valence-corrected chi connectivity index (χ4v) is 6.10. The van der Waals surface area contributed by atoms with Gasteiger partial charge in [-0.2, -0.15) is 13.2 Å². The second kappa shape index (κ2) is 12.0. The molecule has 2 aliphatic carbocycles. The molecule has 0 heterocycles. The van der Waals surface area contributed by atoms with E-state index in [0.717, 1.165) is 5.92 Å². The van der Waals surface area contributed by atoms with Crippen LogP contribution in [0.2, 0.25) is 0 Å². The standard InChI is InChI=1S/C27H39F3O/c1-2-3-4-5-7-10-21-17-19-27(20-18-21,22-11-8-6-9-12-22)23-13-15-24(16-14-23)31-26(30)25(28)29/h13-16,21-22H,2-12,17-20H2,1H3/t21-,27-. The lowest BCUT2D eigenvalue weighted by Crippen LogP contribution is -2.40. The molecule has 31 heavy (non-hydrogen) atoms. The van der Waals surface area contributed by atoms with E-state index in [9.17, 15) is 13.2 Å². The first-order chi connectivity index (χ1) is 15.0. The van der Waals surface area contributed by atoms with Gasteiger partial charge in [0.1, 0.15) is 5.75 Å². The molecule has 3 rings (SSSR count). The predicted octanol–water partition coefficient (Wildman–Crippen LogP) is 9.47. The zero-order chi connectivity index (χ0) is 22.1. The van der Waals surface area contributed by atoms with Gasteiger partial charge in [-0.05, 0) is 73.5 Å². The minimum absolute atomic E-state index is 0.133. The Balaban J connectivity index is 1.67. The van der Waals surface area contributed by atoms with Crippen LogP contribution < -0.4 is 4.74 Å². The monoisotopic (exact) mass is 436 g/mol. The lowest BCUT2D eigenvalue weighted by Gasteiger charge is -2.48. The van der Waals surface area contributed by atoms with E-state index in [4.69, 9.17) is 0 Å². The number of unbranched alkanes of at least 4 members (excludes halogenated alkanes) is 4. The maximum atomic E-state index is 13.2. The molecule has 1 aromatic carbocycles. The minimum Gasteiger partial charge on any atom is -0.428 e. The fraction of sp³-hybridized carbons (Fsp3) is 0.704. The Kier molecular flexibility index (Phi) is 9.34. The van der Waals surface area contributed by atoms with E-state index in [1.165, 1.54) is 102 Å². The van der Waals surface area contributed by atoms with Crippen molar-refractivity contribution in [3.05, 3.63) is 41.9 Å². The molecule has 0 saturated heterocycles. The zero-order valence-electron chi connectivity index (χ0n) is 19.1. The molecule has 0 aromatic heterocycles. The Morgan fingerprint density at radius 1 is 0.871 bits per heavy atom. The first kappa shape index (κ1) is 24.2. The molecule has 2 saturated carbocycles. The third-order valence-corrected chi connectivity index (χ3v) is 7.89. The molecule has 2 aliphatic rings.